The van der Waals surface area contributed by atoms with Gasteiger partial charge in [-0.3, -0.25) is 33.2 Å². The van der Waals surface area contributed by atoms with Crippen LogP contribution in [0.1, 0.15) is 42.3 Å². The van der Waals surface area contributed by atoms with Gasteiger partial charge >= 0.3 is 0 Å². The molecule has 4 rings (SSSR count). The number of ketones is 1. The normalized spacial score (nSPS) is 17.6. The number of hydrogen-bond donors (Lipinski definition) is 2. The van der Waals surface area contributed by atoms with Crippen LogP contribution < -0.4 is 10.5 Å². The number of imidazole rings is 1. The van der Waals surface area contributed by atoms with Gasteiger partial charge in [-0.25, -0.2) is 15.0 Å². The lowest BCUT2D eigenvalue weighted by Crippen LogP contribution is -2.20. The molecule has 0 aliphatic carbocycles. The van der Waals surface area contributed by atoms with Crippen LogP contribution in [0.3, 0.4) is 0 Å². The number of fused-ring (bicyclic) bond motifs is 1. The fourth-order valence-electron chi connectivity index (χ4n) is 3.56. The van der Waals surface area contributed by atoms with Crippen molar-refractivity contribution in [1.82, 2.24) is 24.2 Å². The summed E-state index contributed by atoms with van der Waals surface area (Å²) in [5.41, 5.74) is 6.63. The van der Waals surface area contributed by atoms with Crippen LogP contribution in [0.4, 0.5) is 11.5 Å². The number of amides is 1. The Labute approximate surface area is 197 Å². The van der Waals surface area contributed by atoms with Crippen LogP contribution >= 0.6 is 12.2 Å². The number of nitro groups is 1. The summed E-state index contributed by atoms with van der Waals surface area (Å²) in [5.74, 6) is -0.598. The van der Waals surface area contributed by atoms with Gasteiger partial charge in [-0.05, 0) is 18.9 Å². The highest BCUT2D eigenvalue weighted by molar-refractivity contribution is 7.93. The SMILES string of the molecule is Nc1ncnc2c1ncn2C1CCC(COSNC(=O)CCC(=O)c2ccccc2[N+](=O)[O-])O1. The van der Waals surface area contributed by atoms with E-state index in [0.29, 0.717) is 17.0 Å². The first-order valence-corrected chi connectivity index (χ1v) is 11.1. The Kier molecular flexibility index (Phi) is 7.30. The summed E-state index contributed by atoms with van der Waals surface area (Å²) in [5, 5.41) is 11.0. The molecular formula is C20H21N7O6S. The van der Waals surface area contributed by atoms with Crippen molar-refractivity contribution >= 4 is 46.6 Å². The van der Waals surface area contributed by atoms with Crippen LogP contribution in [-0.4, -0.2) is 48.8 Å². The second-order valence-corrected chi connectivity index (χ2v) is 8.07. The van der Waals surface area contributed by atoms with Crippen LogP contribution in [0, 0.1) is 10.1 Å². The number of nitrogens with zero attached hydrogens (tertiary/aromatic N) is 5. The van der Waals surface area contributed by atoms with Crippen molar-refractivity contribution in [3.05, 3.63) is 52.6 Å². The van der Waals surface area contributed by atoms with E-state index < -0.39 is 16.6 Å². The molecule has 2 atom stereocenters. The molecular weight excluding hydrogens is 466 g/mol. The summed E-state index contributed by atoms with van der Waals surface area (Å²) in [6.07, 6.45) is 3.73. The molecule has 14 heteroatoms. The standard InChI is InChI=1S/C20H21N7O6S/c21-19-18-20(23-10-22-19)26(11-24-18)17-8-5-12(33-17)9-32-34-25-16(29)7-6-15(28)13-3-1-2-4-14(13)27(30)31/h1-4,10-12,17H,5-9H2,(H,25,29)(H2,21,22,23). The molecule has 3 N–H and O–H groups in total. The highest BCUT2D eigenvalue weighted by Crippen LogP contribution is 2.31. The number of nitrogens with one attached hydrogen (secondary N) is 1. The number of Topliss-reactive ketones (excluding diaryl/α,β-unsaturated/α-hetero) is 1. The number of nitro benzene ring substituents is 1. The van der Waals surface area contributed by atoms with E-state index in [1.54, 1.807) is 10.9 Å². The number of nitrogen functional groups attached to an aromatic ring is 1. The number of anilines is 1. The van der Waals surface area contributed by atoms with E-state index in [4.69, 9.17) is 14.7 Å². The van der Waals surface area contributed by atoms with E-state index in [1.807, 2.05) is 0 Å². The Bertz CT molecular complexity index is 1220. The first kappa shape index (κ1) is 23.5. The average Bonchev–Trinajstić information content (AvgIpc) is 3.48. The minimum absolute atomic E-state index is 0.0167. The number of carbonyl (C=O) groups excluding carboxylic acids is 2. The predicted molar refractivity (Wildman–Crippen MR) is 121 cm³/mol. The topological polar surface area (TPSA) is 177 Å². The van der Waals surface area contributed by atoms with Crippen LogP contribution in [0.5, 0.6) is 0 Å². The van der Waals surface area contributed by atoms with Gasteiger partial charge in [-0.2, -0.15) is 0 Å². The Morgan fingerprint density at radius 3 is 2.91 bits per heavy atom. The third-order valence-corrected chi connectivity index (χ3v) is 5.80. The van der Waals surface area contributed by atoms with Gasteiger partial charge in [0, 0.05) is 18.9 Å². The Morgan fingerprint density at radius 2 is 2.09 bits per heavy atom. The van der Waals surface area contributed by atoms with E-state index in [1.165, 1.54) is 30.6 Å². The van der Waals surface area contributed by atoms with E-state index >= 15 is 0 Å². The molecule has 1 aliphatic heterocycles. The molecule has 178 valence electrons. The van der Waals surface area contributed by atoms with Crippen molar-refractivity contribution in [2.45, 2.75) is 38.0 Å². The molecule has 34 heavy (non-hydrogen) atoms. The van der Waals surface area contributed by atoms with Crippen molar-refractivity contribution in [3.63, 3.8) is 0 Å². The average molecular weight is 487 g/mol. The highest BCUT2D eigenvalue weighted by Gasteiger charge is 2.28. The monoisotopic (exact) mass is 487 g/mol. The van der Waals surface area contributed by atoms with Crippen molar-refractivity contribution < 1.29 is 23.4 Å². The molecule has 1 amide bonds. The molecule has 0 saturated carbocycles. The molecule has 1 aliphatic rings. The van der Waals surface area contributed by atoms with E-state index in [2.05, 4.69) is 19.7 Å². The molecule has 0 radical (unpaired) electrons. The number of aromatic nitrogens is 4. The molecule has 1 aromatic carbocycles. The summed E-state index contributed by atoms with van der Waals surface area (Å²) in [6, 6.07) is 5.65. The molecule has 1 fully saturated rings. The molecule has 1 saturated heterocycles. The maximum atomic E-state index is 12.2. The van der Waals surface area contributed by atoms with E-state index in [9.17, 15) is 19.7 Å². The zero-order valence-electron chi connectivity index (χ0n) is 17.8. The van der Waals surface area contributed by atoms with Gasteiger partial charge in [-0.15, -0.1) is 0 Å². The lowest BCUT2D eigenvalue weighted by atomic mass is 10.0. The second-order valence-electron chi connectivity index (χ2n) is 7.46. The lowest BCUT2D eigenvalue weighted by molar-refractivity contribution is -0.385. The van der Waals surface area contributed by atoms with Gasteiger partial charge in [-0.1, -0.05) is 12.1 Å². The van der Waals surface area contributed by atoms with E-state index in [0.717, 1.165) is 25.1 Å². The highest BCUT2D eigenvalue weighted by atomic mass is 32.2. The minimum atomic E-state index is -0.620. The fraction of sp³-hybridized carbons (Fsp3) is 0.350. The van der Waals surface area contributed by atoms with Gasteiger partial charge in [0.1, 0.15) is 30.3 Å². The number of benzene rings is 1. The molecule has 13 nitrogen and oxygen atoms in total. The van der Waals surface area contributed by atoms with Crippen molar-refractivity contribution in [3.8, 4) is 0 Å². The summed E-state index contributed by atoms with van der Waals surface area (Å²) < 4.78 is 15.7. The second kappa shape index (κ2) is 10.5. The minimum Gasteiger partial charge on any atom is -0.382 e. The fourth-order valence-corrected chi connectivity index (χ4v) is 4.04. The number of rotatable bonds is 10. The molecule has 3 heterocycles. The van der Waals surface area contributed by atoms with Gasteiger partial charge in [0.15, 0.2) is 17.2 Å². The summed E-state index contributed by atoms with van der Waals surface area (Å²) >= 11 is 0.752. The maximum absolute atomic E-state index is 12.2. The first-order chi connectivity index (χ1) is 16.4. The van der Waals surface area contributed by atoms with Gasteiger partial charge < -0.3 is 10.5 Å². The summed E-state index contributed by atoms with van der Waals surface area (Å²) in [4.78, 5) is 47.0. The molecule has 0 spiro atoms. The van der Waals surface area contributed by atoms with Crippen LogP contribution in [0.2, 0.25) is 0 Å². The summed E-state index contributed by atoms with van der Waals surface area (Å²) in [6.45, 7) is 0.236. The zero-order valence-corrected chi connectivity index (χ0v) is 18.6. The van der Waals surface area contributed by atoms with Crippen LogP contribution in [0.25, 0.3) is 11.2 Å². The zero-order chi connectivity index (χ0) is 24.1. The Morgan fingerprint density at radius 1 is 1.26 bits per heavy atom. The predicted octanol–water partition coefficient (Wildman–Crippen LogP) is 2.35. The molecule has 0 bridgehead atoms. The number of para-hydroxylation sites is 1. The van der Waals surface area contributed by atoms with Gasteiger partial charge in [0.2, 0.25) is 5.91 Å². The lowest BCUT2D eigenvalue weighted by Gasteiger charge is -2.15. The van der Waals surface area contributed by atoms with Crippen molar-refractivity contribution in [1.29, 1.82) is 0 Å². The Balaban J connectivity index is 1.17. The van der Waals surface area contributed by atoms with Gasteiger partial charge in [0.25, 0.3) is 5.69 Å². The van der Waals surface area contributed by atoms with Crippen LogP contribution in [0.15, 0.2) is 36.9 Å². The number of ether oxygens (including phenoxy) is 1. The smallest absolute Gasteiger partial charge is 0.280 e. The number of nitrogens with two attached hydrogens (primary N) is 1. The van der Waals surface area contributed by atoms with Gasteiger partial charge in [0.05, 0.1) is 29.5 Å². The quantitative estimate of drug-likeness (QED) is 0.107. The van der Waals surface area contributed by atoms with Crippen molar-refractivity contribution in [2.24, 2.45) is 0 Å². The molecule has 2 unspecified atom stereocenters. The number of carbonyl (C=O) groups is 2. The third-order valence-electron chi connectivity index (χ3n) is 5.23. The third kappa shape index (κ3) is 5.30. The van der Waals surface area contributed by atoms with Crippen LogP contribution in [-0.2, 0) is 13.7 Å². The first-order valence-electron chi connectivity index (χ1n) is 10.4. The molecule has 2 aromatic heterocycles. The molecule has 3 aromatic rings. The Hall–Kier alpha value is -3.62. The maximum Gasteiger partial charge on any atom is 0.280 e. The van der Waals surface area contributed by atoms with E-state index in [-0.39, 0.29) is 43.0 Å². The largest absolute Gasteiger partial charge is 0.382 e. The number of hydrogen-bond acceptors (Lipinski definition) is 11. The summed E-state index contributed by atoms with van der Waals surface area (Å²) in [7, 11) is 0. The van der Waals surface area contributed by atoms with Crippen molar-refractivity contribution in [2.75, 3.05) is 12.3 Å².